The minimum Gasteiger partial charge on any atom is -0.383 e. The fraction of sp³-hybridized carbons (Fsp3) is 0.500. The molecule has 2 bridgehead atoms. The monoisotopic (exact) mass is 276 g/mol. The van der Waals surface area contributed by atoms with E-state index in [4.69, 9.17) is 11.6 Å². The van der Waals surface area contributed by atoms with Gasteiger partial charge in [0.15, 0.2) is 0 Å². The number of rotatable bonds is 4. The molecule has 1 fully saturated rings. The summed E-state index contributed by atoms with van der Waals surface area (Å²) in [5, 5.41) is 4.39. The van der Waals surface area contributed by atoms with Crippen LogP contribution < -0.4 is 10.2 Å². The summed E-state index contributed by atoms with van der Waals surface area (Å²) in [5.74, 6) is 2.41. The molecule has 0 amide bonds. The van der Waals surface area contributed by atoms with Gasteiger partial charge in [0, 0.05) is 25.7 Å². The average molecular weight is 277 g/mol. The SMILES string of the molecule is CN(C)c1ccc(Cl)cc1NCC1CC2C=CC1C2. The molecule has 0 aromatic heterocycles. The topological polar surface area (TPSA) is 15.3 Å². The summed E-state index contributed by atoms with van der Waals surface area (Å²) in [6, 6.07) is 6.05. The highest BCUT2D eigenvalue weighted by Gasteiger charge is 2.35. The first-order valence-electron chi connectivity index (χ1n) is 7.02. The fourth-order valence-electron chi connectivity index (χ4n) is 3.41. The predicted octanol–water partition coefficient (Wildman–Crippen LogP) is 4.03. The van der Waals surface area contributed by atoms with Crippen LogP contribution >= 0.6 is 11.6 Å². The van der Waals surface area contributed by atoms with Crippen LogP contribution in [0.25, 0.3) is 0 Å². The van der Waals surface area contributed by atoms with Gasteiger partial charge in [-0.1, -0.05) is 23.8 Å². The summed E-state index contributed by atoms with van der Waals surface area (Å²) in [4.78, 5) is 2.12. The molecule has 1 aromatic rings. The normalized spacial score (nSPS) is 27.8. The van der Waals surface area contributed by atoms with Crippen molar-refractivity contribution < 1.29 is 0 Å². The van der Waals surface area contributed by atoms with E-state index in [1.165, 1.54) is 18.5 Å². The van der Waals surface area contributed by atoms with E-state index in [2.05, 4.69) is 42.5 Å². The first-order valence-corrected chi connectivity index (χ1v) is 7.40. The lowest BCUT2D eigenvalue weighted by atomic mass is 9.93. The van der Waals surface area contributed by atoms with Crippen LogP contribution in [0, 0.1) is 17.8 Å². The van der Waals surface area contributed by atoms with E-state index in [0.29, 0.717) is 0 Å². The van der Waals surface area contributed by atoms with Crippen molar-refractivity contribution in [2.45, 2.75) is 12.8 Å². The Morgan fingerprint density at radius 3 is 2.74 bits per heavy atom. The Kier molecular flexibility index (Phi) is 3.44. The van der Waals surface area contributed by atoms with E-state index in [1.54, 1.807) is 0 Å². The van der Waals surface area contributed by atoms with E-state index in [0.717, 1.165) is 35.0 Å². The maximum atomic E-state index is 6.11. The van der Waals surface area contributed by atoms with Gasteiger partial charge in [0.2, 0.25) is 0 Å². The quantitative estimate of drug-likeness (QED) is 0.836. The Hall–Kier alpha value is -1.15. The van der Waals surface area contributed by atoms with Gasteiger partial charge in [-0.05, 0) is 48.8 Å². The van der Waals surface area contributed by atoms with Gasteiger partial charge in [-0.2, -0.15) is 0 Å². The van der Waals surface area contributed by atoms with Crippen molar-refractivity contribution in [3.63, 3.8) is 0 Å². The molecule has 2 aliphatic rings. The van der Waals surface area contributed by atoms with E-state index in [9.17, 15) is 0 Å². The predicted molar refractivity (Wildman–Crippen MR) is 83.1 cm³/mol. The highest BCUT2D eigenvalue weighted by atomic mass is 35.5. The van der Waals surface area contributed by atoms with Crippen LogP contribution in [0.5, 0.6) is 0 Å². The number of fused-ring (bicyclic) bond motifs is 2. The van der Waals surface area contributed by atoms with Crippen molar-refractivity contribution in [2.75, 3.05) is 30.9 Å². The van der Waals surface area contributed by atoms with Crippen molar-refractivity contribution in [1.82, 2.24) is 0 Å². The number of hydrogen-bond donors (Lipinski definition) is 1. The Morgan fingerprint density at radius 2 is 2.11 bits per heavy atom. The number of nitrogens with zero attached hydrogens (tertiary/aromatic N) is 1. The zero-order valence-electron chi connectivity index (χ0n) is 11.6. The lowest BCUT2D eigenvalue weighted by Crippen LogP contribution is -2.20. The highest BCUT2D eigenvalue weighted by Crippen LogP contribution is 2.43. The fourth-order valence-corrected chi connectivity index (χ4v) is 3.58. The number of hydrogen-bond acceptors (Lipinski definition) is 2. The summed E-state index contributed by atoms with van der Waals surface area (Å²) in [7, 11) is 4.13. The molecule has 0 radical (unpaired) electrons. The highest BCUT2D eigenvalue weighted by molar-refractivity contribution is 6.31. The van der Waals surface area contributed by atoms with Gasteiger partial charge in [0.1, 0.15) is 0 Å². The molecule has 0 heterocycles. The second-order valence-corrected chi connectivity index (χ2v) is 6.41. The smallest absolute Gasteiger partial charge is 0.0597 e. The number of anilines is 2. The molecule has 0 saturated heterocycles. The van der Waals surface area contributed by atoms with Crippen LogP contribution in [0.4, 0.5) is 11.4 Å². The minimum atomic E-state index is 0.781. The van der Waals surface area contributed by atoms with Gasteiger partial charge in [-0.3, -0.25) is 0 Å². The third-order valence-corrected chi connectivity index (χ3v) is 4.65. The molecule has 3 rings (SSSR count). The van der Waals surface area contributed by atoms with Crippen LogP contribution in [-0.2, 0) is 0 Å². The molecule has 2 aliphatic carbocycles. The first kappa shape index (κ1) is 12.9. The van der Waals surface area contributed by atoms with Gasteiger partial charge in [0.05, 0.1) is 11.4 Å². The average Bonchev–Trinajstić information content (AvgIpc) is 2.98. The molecule has 0 aliphatic heterocycles. The summed E-state index contributed by atoms with van der Waals surface area (Å²) < 4.78 is 0. The van der Waals surface area contributed by atoms with Crippen molar-refractivity contribution in [2.24, 2.45) is 17.8 Å². The summed E-state index contributed by atoms with van der Waals surface area (Å²) in [5.41, 5.74) is 2.34. The van der Waals surface area contributed by atoms with Crippen LogP contribution in [0.1, 0.15) is 12.8 Å². The standard InChI is InChI=1S/C16H21ClN2/c1-19(2)16-6-5-14(17)9-15(16)18-10-13-8-11-3-4-12(13)7-11/h3-6,9,11-13,18H,7-8,10H2,1-2H3. The van der Waals surface area contributed by atoms with E-state index >= 15 is 0 Å². The number of allylic oxidation sites excluding steroid dienone is 2. The minimum absolute atomic E-state index is 0.781. The molecule has 1 saturated carbocycles. The number of benzene rings is 1. The molecule has 19 heavy (non-hydrogen) atoms. The van der Waals surface area contributed by atoms with Crippen molar-refractivity contribution in [3.05, 3.63) is 35.4 Å². The van der Waals surface area contributed by atoms with E-state index in [-0.39, 0.29) is 0 Å². The number of halogens is 1. The molecular weight excluding hydrogens is 256 g/mol. The van der Waals surface area contributed by atoms with Gasteiger partial charge >= 0.3 is 0 Å². The summed E-state index contributed by atoms with van der Waals surface area (Å²) >= 11 is 6.11. The van der Waals surface area contributed by atoms with Crippen LogP contribution in [0.2, 0.25) is 5.02 Å². The Bertz CT molecular complexity index is 496. The van der Waals surface area contributed by atoms with Gasteiger partial charge in [-0.15, -0.1) is 0 Å². The molecule has 102 valence electrons. The zero-order valence-corrected chi connectivity index (χ0v) is 12.3. The maximum absolute atomic E-state index is 6.11. The summed E-state index contributed by atoms with van der Waals surface area (Å²) in [6.45, 7) is 1.05. The Labute approximate surface area is 120 Å². The Morgan fingerprint density at radius 1 is 1.26 bits per heavy atom. The van der Waals surface area contributed by atoms with E-state index < -0.39 is 0 Å². The van der Waals surface area contributed by atoms with E-state index in [1.807, 2.05) is 12.1 Å². The van der Waals surface area contributed by atoms with Crippen LogP contribution in [-0.4, -0.2) is 20.6 Å². The first-order chi connectivity index (χ1) is 9.13. The molecule has 1 N–H and O–H groups in total. The molecular formula is C16H21ClN2. The molecule has 0 spiro atoms. The molecule has 3 heteroatoms. The van der Waals surface area contributed by atoms with Crippen LogP contribution in [0.3, 0.4) is 0 Å². The third-order valence-electron chi connectivity index (χ3n) is 4.41. The molecule has 3 atom stereocenters. The second-order valence-electron chi connectivity index (χ2n) is 5.98. The lowest BCUT2D eigenvalue weighted by molar-refractivity contribution is 0.472. The van der Waals surface area contributed by atoms with Crippen molar-refractivity contribution in [3.8, 4) is 0 Å². The second kappa shape index (κ2) is 5.09. The maximum Gasteiger partial charge on any atom is 0.0597 e. The van der Waals surface area contributed by atoms with Crippen molar-refractivity contribution >= 4 is 23.0 Å². The molecule has 1 aromatic carbocycles. The lowest BCUT2D eigenvalue weighted by Gasteiger charge is -2.23. The van der Waals surface area contributed by atoms with Gasteiger partial charge in [-0.25, -0.2) is 0 Å². The van der Waals surface area contributed by atoms with Crippen molar-refractivity contribution in [1.29, 1.82) is 0 Å². The van der Waals surface area contributed by atoms with Gasteiger partial charge < -0.3 is 10.2 Å². The van der Waals surface area contributed by atoms with Gasteiger partial charge in [0.25, 0.3) is 0 Å². The molecule has 3 unspecified atom stereocenters. The number of nitrogens with one attached hydrogen (secondary N) is 1. The largest absolute Gasteiger partial charge is 0.383 e. The Balaban J connectivity index is 1.69. The zero-order chi connectivity index (χ0) is 13.4. The summed E-state index contributed by atoms with van der Waals surface area (Å²) in [6.07, 6.45) is 7.51. The molecule has 2 nitrogen and oxygen atoms in total. The van der Waals surface area contributed by atoms with Crippen LogP contribution in [0.15, 0.2) is 30.4 Å². The third kappa shape index (κ3) is 2.59.